The first-order valence-electron chi connectivity index (χ1n) is 3.84. The molecule has 1 aromatic heterocycles. The van der Waals surface area contributed by atoms with Crippen molar-refractivity contribution in [1.82, 2.24) is 0 Å². The summed E-state index contributed by atoms with van der Waals surface area (Å²) in [5.41, 5.74) is 1.46. The topological polar surface area (TPSA) is 26.9 Å². The van der Waals surface area contributed by atoms with Crippen LogP contribution in [0.5, 0.6) is 0 Å². The van der Waals surface area contributed by atoms with Crippen LogP contribution in [0, 0.1) is 5.21 Å². The molecule has 0 aliphatic heterocycles. The van der Waals surface area contributed by atoms with Crippen molar-refractivity contribution in [3.8, 4) is 11.3 Å². The zero-order valence-corrected chi connectivity index (χ0v) is 9.44. The molecule has 2 rings (SSSR count). The van der Waals surface area contributed by atoms with Crippen LogP contribution in [-0.2, 0) is 0 Å². The van der Waals surface area contributed by atoms with Crippen molar-refractivity contribution in [2.45, 2.75) is 4.34 Å². The van der Waals surface area contributed by atoms with Gasteiger partial charge in [-0.25, -0.2) is 0 Å². The summed E-state index contributed by atoms with van der Waals surface area (Å²) in [5, 5.41) is 13.9. The van der Waals surface area contributed by atoms with Gasteiger partial charge in [0.25, 0.3) is 0 Å². The summed E-state index contributed by atoms with van der Waals surface area (Å²) in [7, 11) is 0. The quantitative estimate of drug-likeness (QED) is 0.465. The Bertz CT molecular complexity index is 452. The maximum Gasteiger partial charge on any atom is 0.306 e. The summed E-state index contributed by atoms with van der Waals surface area (Å²) in [6.45, 7) is 0. The smallest absolute Gasteiger partial charge is 0.306 e. The first-order valence-corrected chi connectivity index (χ1v) is 5.55. The van der Waals surface area contributed by atoms with Crippen molar-refractivity contribution in [3.05, 3.63) is 39.9 Å². The van der Waals surface area contributed by atoms with Gasteiger partial charge in [-0.1, -0.05) is 35.6 Å². The van der Waals surface area contributed by atoms with E-state index in [1.54, 1.807) is 17.5 Å². The van der Waals surface area contributed by atoms with E-state index in [1.165, 1.54) is 11.3 Å². The molecule has 1 heterocycles. The van der Waals surface area contributed by atoms with E-state index in [1.807, 2.05) is 12.1 Å². The molecule has 0 aliphatic rings. The van der Waals surface area contributed by atoms with E-state index in [9.17, 15) is 5.21 Å². The number of aromatic nitrogens is 1. The highest BCUT2D eigenvalue weighted by molar-refractivity contribution is 7.82. The van der Waals surface area contributed by atoms with Crippen LogP contribution in [0.4, 0.5) is 0 Å². The lowest BCUT2D eigenvalue weighted by molar-refractivity contribution is -0.626. The van der Waals surface area contributed by atoms with Gasteiger partial charge in [0.05, 0.1) is 5.38 Å². The molecule has 0 fully saturated rings. The lowest BCUT2D eigenvalue weighted by Gasteiger charge is -1.99. The average molecular weight is 244 g/mol. The Labute approximate surface area is 95.8 Å². The number of rotatable bonds is 1. The van der Waals surface area contributed by atoms with Crippen LogP contribution in [0.15, 0.2) is 34.0 Å². The largest absolute Gasteiger partial charge is 0.617 e. The van der Waals surface area contributed by atoms with E-state index in [4.69, 9.17) is 11.6 Å². The van der Waals surface area contributed by atoms with Gasteiger partial charge in [0, 0.05) is 10.6 Å². The van der Waals surface area contributed by atoms with E-state index < -0.39 is 0 Å². The molecule has 0 bridgehead atoms. The molecule has 0 unspecified atom stereocenters. The van der Waals surface area contributed by atoms with Gasteiger partial charge in [-0.2, -0.15) is 0 Å². The summed E-state index contributed by atoms with van der Waals surface area (Å²) in [4.78, 5) is 0. The molecule has 0 saturated heterocycles. The van der Waals surface area contributed by atoms with Crippen molar-refractivity contribution in [2.24, 2.45) is 0 Å². The molecule has 0 aliphatic carbocycles. The second-order valence-electron chi connectivity index (χ2n) is 2.70. The SMILES string of the molecule is [O-][n+]1c(-c2ccc(Cl)cc2)csc1S. The summed E-state index contributed by atoms with van der Waals surface area (Å²) in [6, 6.07) is 7.14. The third-order valence-electron chi connectivity index (χ3n) is 1.81. The molecule has 0 spiro atoms. The molecule has 2 aromatic rings. The van der Waals surface area contributed by atoms with E-state index >= 15 is 0 Å². The number of thiol groups is 1. The third-order valence-corrected chi connectivity index (χ3v) is 3.28. The summed E-state index contributed by atoms with van der Waals surface area (Å²) < 4.78 is 1.24. The van der Waals surface area contributed by atoms with E-state index in [2.05, 4.69) is 12.6 Å². The van der Waals surface area contributed by atoms with Crippen LogP contribution in [0.3, 0.4) is 0 Å². The fourth-order valence-electron chi connectivity index (χ4n) is 1.11. The van der Waals surface area contributed by atoms with Crippen LogP contribution >= 0.6 is 35.6 Å². The normalized spacial score (nSPS) is 10.4. The van der Waals surface area contributed by atoms with Gasteiger partial charge in [0.15, 0.2) is 0 Å². The molecule has 0 saturated carbocycles. The van der Waals surface area contributed by atoms with E-state index in [0.717, 1.165) is 10.3 Å². The van der Waals surface area contributed by atoms with E-state index in [-0.39, 0.29) is 0 Å². The second-order valence-corrected chi connectivity index (χ2v) is 4.73. The Kier molecular flexibility index (Phi) is 2.67. The van der Waals surface area contributed by atoms with Gasteiger partial charge >= 0.3 is 4.34 Å². The predicted octanol–water partition coefficient (Wildman–Crippen LogP) is 2.99. The maximum absolute atomic E-state index is 11.5. The zero-order chi connectivity index (χ0) is 10.1. The van der Waals surface area contributed by atoms with Gasteiger partial charge in [-0.15, -0.1) is 4.73 Å². The number of hydrogen-bond acceptors (Lipinski definition) is 3. The fraction of sp³-hybridized carbons (Fsp3) is 0. The van der Waals surface area contributed by atoms with Crippen LogP contribution < -0.4 is 4.73 Å². The second kappa shape index (κ2) is 3.81. The Morgan fingerprint density at radius 1 is 1.29 bits per heavy atom. The molecular weight excluding hydrogens is 238 g/mol. The lowest BCUT2D eigenvalue weighted by atomic mass is 10.2. The van der Waals surface area contributed by atoms with Crippen molar-refractivity contribution < 1.29 is 4.73 Å². The standard InChI is InChI=1S/C9H6ClNOS2/c10-7-3-1-6(2-4-7)8-5-14-9(13)11(8)12/h1-5,13H. The summed E-state index contributed by atoms with van der Waals surface area (Å²) in [5.74, 6) is 0. The molecule has 0 atom stereocenters. The third kappa shape index (κ3) is 1.73. The van der Waals surface area contributed by atoms with Gasteiger partial charge < -0.3 is 5.21 Å². The van der Waals surface area contributed by atoms with Gasteiger partial charge in [0.2, 0.25) is 5.69 Å². The number of hydrogen-bond donors (Lipinski definition) is 1. The highest BCUT2D eigenvalue weighted by Crippen LogP contribution is 2.22. The maximum atomic E-state index is 11.5. The van der Waals surface area contributed by atoms with Crippen molar-refractivity contribution in [1.29, 1.82) is 0 Å². The Balaban J connectivity index is 2.49. The monoisotopic (exact) mass is 243 g/mol. The Morgan fingerprint density at radius 3 is 2.43 bits per heavy atom. The predicted molar refractivity (Wildman–Crippen MR) is 61.0 cm³/mol. The van der Waals surface area contributed by atoms with Crippen molar-refractivity contribution in [3.63, 3.8) is 0 Å². The highest BCUT2D eigenvalue weighted by atomic mass is 35.5. The molecule has 1 aromatic carbocycles. The minimum atomic E-state index is 0.440. The minimum absolute atomic E-state index is 0.440. The Hall–Kier alpha value is -0.710. The first-order chi connectivity index (χ1) is 6.68. The summed E-state index contributed by atoms with van der Waals surface area (Å²) in [6.07, 6.45) is 0. The number of halogens is 1. The molecular formula is C9H6ClNOS2. The average Bonchev–Trinajstić information content (AvgIpc) is 2.50. The molecule has 0 radical (unpaired) electrons. The van der Waals surface area contributed by atoms with Gasteiger partial charge in [-0.05, 0) is 24.3 Å². The zero-order valence-electron chi connectivity index (χ0n) is 6.98. The number of thiazole rings is 1. The van der Waals surface area contributed by atoms with E-state index in [0.29, 0.717) is 15.1 Å². The first kappa shape index (κ1) is 9.83. The Morgan fingerprint density at radius 2 is 1.93 bits per heavy atom. The van der Waals surface area contributed by atoms with Crippen LogP contribution in [0.25, 0.3) is 11.3 Å². The molecule has 14 heavy (non-hydrogen) atoms. The van der Waals surface area contributed by atoms with Gasteiger partial charge in [0.1, 0.15) is 0 Å². The minimum Gasteiger partial charge on any atom is -0.617 e. The molecule has 2 nitrogen and oxygen atoms in total. The van der Waals surface area contributed by atoms with Gasteiger partial charge in [-0.3, -0.25) is 0 Å². The fourth-order valence-corrected chi connectivity index (χ4v) is 2.15. The molecule has 0 amide bonds. The molecule has 72 valence electrons. The number of benzene rings is 1. The van der Waals surface area contributed by atoms with Crippen molar-refractivity contribution >= 4 is 35.6 Å². The molecule has 5 heteroatoms. The lowest BCUT2D eigenvalue weighted by Crippen LogP contribution is -2.27. The summed E-state index contributed by atoms with van der Waals surface area (Å²) >= 11 is 11.1. The van der Waals surface area contributed by atoms with Crippen LogP contribution in [0.1, 0.15) is 0 Å². The molecule has 0 N–H and O–H groups in total. The highest BCUT2D eigenvalue weighted by Gasteiger charge is 2.13. The van der Waals surface area contributed by atoms with Crippen LogP contribution in [0.2, 0.25) is 5.02 Å². The van der Waals surface area contributed by atoms with Crippen LogP contribution in [-0.4, -0.2) is 0 Å². The number of nitrogens with zero attached hydrogens (tertiary/aromatic N) is 1. The van der Waals surface area contributed by atoms with Crippen molar-refractivity contribution in [2.75, 3.05) is 0 Å².